The number of halogens is 1. The summed E-state index contributed by atoms with van der Waals surface area (Å²) in [5, 5.41) is 15.5. The molecule has 6 heteroatoms. The molecule has 1 aromatic heterocycles. The number of rotatable bonds is 5. The van der Waals surface area contributed by atoms with Gasteiger partial charge < -0.3 is 9.84 Å². The monoisotopic (exact) mass is 301 g/mol. The highest BCUT2D eigenvalue weighted by atomic mass is 35.5. The average molecular weight is 302 g/mol. The summed E-state index contributed by atoms with van der Waals surface area (Å²) >= 11 is 6.29. The van der Waals surface area contributed by atoms with Crippen molar-refractivity contribution in [1.29, 1.82) is 0 Å². The van der Waals surface area contributed by atoms with Crippen molar-refractivity contribution in [2.24, 2.45) is 0 Å². The first-order valence-electron chi connectivity index (χ1n) is 7.30. The van der Waals surface area contributed by atoms with Crippen LogP contribution in [0.2, 0.25) is 5.02 Å². The van der Waals surface area contributed by atoms with Gasteiger partial charge in [-0.3, -0.25) is 9.58 Å². The van der Waals surface area contributed by atoms with E-state index in [0.717, 1.165) is 37.6 Å². The van der Waals surface area contributed by atoms with Gasteiger partial charge in [0.15, 0.2) is 0 Å². The first kappa shape index (κ1) is 15.8. The molecule has 2 rings (SSSR count). The molecule has 5 nitrogen and oxygen atoms in total. The van der Waals surface area contributed by atoms with Crippen LogP contribution in [-0.2, 0) is 17.7 Å². The van der Waals surface area contributed by atoms with E-state index in [4.69, 9.17) is 16.3 Å². The molecule has 0 radical (unpaired) electrons. The van der Waals surface area contributed by atoms with E-state index in [-0.39, 0.29) is 6.10 Å². The van der Waals surface area contributed by atoms with E-state index in [0.29, 0.717) is 18.1 Å². The van der Waals surface area contributed by atoms with Crippen LogP contribution in [0.25, 0.3) is 0 Å². The average Bonchev–Trinajstić information content (AvgIpc) is 2.75. The zero-order valence-corrected chi connectivity index (χ0v) is 13.2. The maximum absolute atomic E-state index is 10.4. The smallest absolute Gasteiger partial charge is 0.0964 e. The van der Waals surface area contributed by atoms with E-state index in [2.05, 4.69) is 16.9 Å². The molecule has 1 aliphatic heterocycles. The fourth-order valence-corrected chi connectivity index (χ4v) is 2.86. The SMILES string of the molecule is CCN1CCOC(C(O)Cc2c(Cl)c(C)nn2CC)C1. The van der Waals surface area contributed by atoms with Crippen molar-refractivity contribution in [3.05, 3.63) is 16.4 Å². The largest absolute Gasteiger partial charge is 0.390 e. The molecule has 1 aromatic rings. The van der Waals surface area contributed by atoms with E-state index >= 15 is 0 Å². The molecule has 114 valence electrons. The Balaban J connectivity index is 2.05. The molecular weight excluding hydrogens is 278 g/mol. The Morgan fingerprint density at radius 2 is 2.20 bits per heavy atom. The van der Waals surface area contributed by atoms with Crippen molar-refractivity contribution < 1.29 is 9.84 Å². The van der Waals surface area contributed by atoms with Crippen molar-refractivity contribution in [2.45, 2.75) is 45.9 Å². The molecule has 0 spiro atoms. The normalized spacial score (nSPS) is 22.1. The predicted molar refractivity (Wildman–Crippen MR) is 79.2 cm³/mol. The Labute approximate surface area is 125 Å². The molecule has 1 N–H and O–H groups in total. The predicted octanol–water partition coefficient (Wildman–Crippen LogP) is 1.49. The minimum Gasteiger partial charge on any atom is -0.390 e. The number of ether oxygens (including phenoxy) is 1. The first-order valence-corrected chi connectivity index (χ1v) is 7.68. The topological polar surface area (TPSA) is 50.5 Å². The van der Waals surface area contributed by atoms with Crippen LogP contribution in [0.1, 0.15) is 25.2 Å². The van der Waals surface area contributed by atoms with Gasteiger partial charge in [-0.15, -0.1) is 0 Å². The highest BCUT2D eigenvalue weighted by Gasteiger charge is 2.28. The Kier molecular flexibility index (Phi) is 5.43. The molecule has 1 aliphatic rings. The number of morpholine rings is 1. The molecule has 2 heterocycles. The number of aromatic nitrogens is 2. The van der Waals surface area contributed by atoms with Crippen molar-refractivity contribution in [2.75, 3.05) is 26.2 Å². The molecule has 2 atom stereocenters. The summed E-state index contributed by atoms with van der Waals surface area (Å²) in [5.74, 6) is 0. The van der Waals surface area contributed by atoms with Crippen LogP contribution < -0.4 is 0 Å². The summed E-state index contributed by atoms with van der Waals surface area (Å²) in [6.45, 7) is 10.2. The number of aliphatic hydroxyl groups excluding tert-OH is 1. The van der Waals surface area contributed by atoms with Gasteiger partial charge in [-0.2, -0.15) is 5.10 Å². The maximum atomic E-state index is 10.4. The highest BCUT2D eigenvalue weighted by molar-refractivity contribution is 6.31. The molecule has 0 aliphatic carbocycles. The molecule has 0 saturated carbocycles. The van der Waals surface area contributed by atoms with Gasteiger partial charge in [0.1, 0.15) is 0 Å². The van der Waals surface area contributed by atoms with Gasteiger partial charge >= 0.3 is 0 Å². The molecule has 0 aromatic carbocycles. The minimum absolute atomic E-state index is 0.153. The lowest BCUT2D eigenvalue weighted by molar-refractivity contribution is -0.0871. The molecule has 20 heavy (non-hydrogen) atoms. The second-order valence-corrected chi connectivity index (χ2v) is 5.61. The van der Waals surface area contributed by atoms with E-state index in [1.165, 1.54) is 0 Å². The van der Waals surface area contributed by atoms with Gasteiger partial charge in [0, 0.05) is 26.1 Å². The van der Waals surface area contributed by atoms with Crippen molar-refractivity contribution >= 4 is 11.6 Å². The fourth-order valence-electron chi connectivity index (χ4n) is 2.65. The number of nitrogens with zero attached hydrogens (tertiary/aromatic N) is 3. The van der Waals surface area contributed by atoms with Gasteiger partial charge in [-0.1, -0.05) is 18.5 Å². The number of likely N-dealkylation sites (N-methyl/N-ethyl adjacent to an activating group) is 1. The number of aliphatic hydroxyl groups is 1. The Bertz CT molecular complexity index is 450. The van der Waals surface area contributed by atoms with E-state index in [9.17, 15) is 5.11 Å². The number of hydrogen-bond acceptors (Lipinski definition) is 4. The lowest BCUT2D eigenvalue weighted by Gasteiger charge is -2.34. The van der Waals surface area contributed by atoms with Crippen molar-refractivity contribution in [3.8, 4) is 0 Å². The highest BCUT2D eigenvalue weighted by Crippen LogP contribution is 2.23. The zero-order chi connectivity index (χ0) is 14.7. The van der Waals surface area contributed by atoms with E-state index in [1.807, 2.05) is 18.5 Å². The summed E-state index contributed by atoms with van der Waals surface area (Å²) in [5.41, 5.74) is 1.71. The summed E-state index contributed by atoms with van der Waals surface area (Å²) in [4.78, 5) is 2.29. The lowest BCUT2D eigenvalue weighted by atomic mass is 10.1. The van der Waals surface area contributed by atoms with Gasteiger partial charge in [0.05, 0.1) is 35.2 Å². The van der Waals surface area contributed by atoms with Gasteiger partial charge in [-0.25, -0.2) is 0 Å². The van der Waals surface area contributed by atoms with Gasteiger partial charge in [-0.05, 0) is 20.4 Å². The van der Waals surface area contributed by atoms with Gasteiger partial charge in [0.25, 0.3) is 0 Å². The second kappa shape index (κ2) is 6.89. The van der Waals surface area contributed by atoms with E-state index < -0.39 is 6.10 Å². The van der Waals surface area contributed by atoms with E-state index in [1.54, 1.807) is 0 Å². The van der Waals surface area contributed by atoms with Crippen LogP contribution in [0, 0.1) is 6.92 Å². The molecule has 1 saturated heterocycles. The third kappa shape index (κ3) is 3.34. The standard InChI is InChI=1S/C14H24ClN3O2/c1-4-17-6-7-20-13(9-17)12(19)8-11-14(15)10(3)16-18(11)5-2/h12-13,19H,4-9H2,1-3H3. The number of aryl methyl sites for hydroxylation is 2. The fraction of sp³-hybridized carbons (Fsp3) is 0.786. The third-order valence-electron chi connectivity index (χ3n) is 3.91. The summed E-state index contributed by atoms with van der Waals surface area (Å²) in [6.07, 6.45) is -0.223. The van der Waals surface area contributed by atoms with Crippen LogP contribution in [0.3, 0.4) is 0 Å². The summed E-state index contributed by atoms with van der Waals surface area (Å²) in [7, 11) is 0. The van der Waals surface area contributed by atoms with Crippen LogP contribution in [0.4, 0.5) is 0 Å². The molecule has 0 amide bonds. The minimum atomic E-state index is -0.553. The molecular formula is C14H24ClN3O2. The van der Waals surface area contributed by atoms with Crippen LogP contribution in [0.15, 0.2) is 0 Å². The zero-order valence-electron chi connectivity index (χ0n) is 12.5. The number of hydrogen-bond donors (Lipinski definition) is 1. The quantitative estimate of drug-likeness (QED) is 0.895. The molecule has 0 bridgehead atoms. The summed E-state index contributed by atoms with van der Waals surface area (Å²) < 4.78 is 7.56. The van der Waals surface area contributed by atoms with Gasteiger partial charge in [0.2, 0.25) is 0 Å². The third-order valence-corrected chi connectivity index (χ3v) is 4.40. The maximum Gasteiger partial charge on any atom is 0.0964 e. The summed E-state index contributed by atoms with van der Waals surface area (Å²) in [6, 6.07) is 0. The van der Waals surface area contributed by atoms with Crippen LogP contribution in [0.5, 0.6) is 0 Å². The molecule has 2 unspecified atom stereocenters. The van der Waals surface area contributed by atoms with Crippen molar-refractivity contribution in [1.82, 2.24) is 14.7 Å². The molecule has 1 fully saturated rings. The van der Waals surface area contributed by atoms with Crippen LogP contribution in [-0.4, -0.2) is 58.2 Å². The Hall–Kier alpha value is -0.620. The Morgan fingerprint density at radius 3 is 2.85 bits per heavy atom. The Morgan fingerprint density at radius 1 is 1.45 bits per heavy atom. The van der Waals surface area contributed by atoms with Crippen LogP contribution >= 0.6 is 11.6 Å². The van der Waals surface area contributed by atoms with Crippen molar-refractivity contribution in [3.63, 3.8) is 0 Å². The lowest BCUT2D eigenvalue weighted by Crippen LogP contribution is -2.48. The second-order valence-electron chi connectivity index (χ2n) is 5.24. The first-order chi connectivity index (χ1) is 9.56.